The molecular weight excluding hydrogens is 238 g/mol. The van der Waals surface area contributed by atoms with E-state index in [2.05, 4.69) is 15.5 Å². The van der Waals surface area contributed by atoms with Crippen LogP contribution in [0.5, 0.6) is 0 Å². The Morgan fingerprint density at radius 1 is 1.28 bits per heavy atom. The Morgan fingerprint density at radius 2 is 2.06 bits per heavy atom. The van der Waals surface area contributed by atoms with Gasteiger partial charge in [0.15, 0.2) is 0 Å². The molecule has 0 aromatic carbocycles. The minimum atomic E-state index is -0.809. The summed E-state index contributed by atoms with van der Waals surface area (Å²) < 4.78 is 0. The molecule has 98 valence electrons. The molecule has 1 heterocycles. The highest BCUT2D eigenvalue weighted by Crippen LogP contribution is 1.99. The summed E-state index contributed by atoms with van der Waals surface area (Å²) >= 11 is 0. The third-order valence-corrected chi connectivity index (χ3v) is 2.26. The van der Waals surface area contributed by atoms with Crippen molar-refractivity contribution in [2.75, 3.05) is 6.54 Å². The molecule has 0 unspecified atom stereocenters. The van der Waals surface area contributed by atoms with Gasteiger partial charge in [0, 0.05) is 19.0 Å². The molecule has 1 aromatic heterocycles. The Kier molecular flexibility index (Phi) is 5.56. The fourth-order valence-electron chi connectivity index (χ4n) is 1.34. The van der Waals surface area contributed by atoms with Gasteiger partial charge >= 0.3 is 5.97 Å². The summed E-state index contributed by atoms with van der Waals surface area (Å²) in [6.07, 6.45) is 2.20. The monoisotopic (exact) mass is 253 g/mol. The molecule has 18 heavy (non-hydrogen) atoms. The summed E-state index contributed by atoms with van der Waals surface area (Å²) in [7, 11) is 0. The topological polar surface area (TPSA) is 112 Å². The van der Waals surface area contributed by atoms with Gasteiger partial charge in [-0.05, 0) is 18.9 Å². The van der Waals surface area contributed by atoms with Gasteiger partial charge in [0.25, 0.3) is 11.5 Å². The van der Waals surface area contributed by atoms with E-state index in [0.29, 0.717) is 19.4 Å². The summed E-state index contributed by atoms with van der Waals surface area (Å²) in [4.78, 5) is 32.5. The zero-order valence-electron chi connectivity index (χ0n) is 9.81. The Balaban J connectivity index is 2.19. The number of unbranched alkanes of at least 4 members (excludes halogenated alkanes) is 2. The molecule has 0 aliphatic rings. The van der Waals surface area contributed by atoms with Crippen molar-refractivity contribution in [2.24, 2.45) is 0 Å². The lowest BCUT2D eigenvalue weighted by atomic mass is 10.2. The summed E-state index contributed by atoms with van der Waals surface area (Å²) in [6, 6.07) is 2.58. The second-order valence-corrected chi connectivity index (χ2v) is 3.77. The number of rotatable bonds is 7. The van der Waals surface area contributed by atoms with Crippen LogP contribution in [0.3, 0.4) is 0 Å². The van der Waals surface area contributed by atoms with Gasteiger partial charge in [-0.2, -0.15) is 5.10 Å². The van der Waals surface area contributed by atoms with Gasteiger partial charge in [0.1, 0.15) is 5.69 Å². The van der Waals surface area contributed by atoms with Crippen molar-refractivity contribution in [1.29, 1.82) is 0 Å². The first-order valence-electron chi connectivity index (χ1n) is 5.65. The molecule has 0 fully saturated rings. The van der Waals surface area contributed by atoms with Crippen LogP contribution in [-0.2, 0) is 4.79 Å². The van der Waals surface area contributed by atoms with E-state index in [1.54, 1.807) is 0 Å². The van der Waals surface area contributed by atoms with Crippen molar-refractivity contribution in [1.82, 2.24) is 15.5 Å². The number of nitrogens with zero attached hydrogens (tertiary/aromatic N) is 1. The SMILES string of the molecule is O=C(O)CCCCCNC(=O)c1ccc(=O)[nH]n1. The molecule has 7 heteroatoms. The third-order valence-electron chi connectivity index (χ3n) is 2.26. The second kappa shape index (κ2) is 7.21. The van der Waals surface area contributed by atoms with E-state index >= 15 is 0 Å². The smallest absolute Gasteiger partial charge is 0.303 e. The molecule has 3 N–H and O–H groups in total. The summed E-state index contributed by atoms with van der Waals surface area (Å²) in [5.41, 5.74) is -0.208. The molecule has 7 nitrogen and oxygen atoms in total. The maximum Gasteiger partial charge on any atom is 0.303 e. The van der Waals surface area contributed by atoms with Crippen molar-refractivity contribution in [3.8, 4) is 0 Å². The van der Waals surface area contributed by atoms with Gasteiger partial charge in [-0.3, -0.25) is 14.4 Å². The molecule has 1 aromatic rings. The number of nitrogens with one attached hydrogen (secondary N) is 2. The maximum absolute atomic E-state index is 11.5. The first-order valence-corrected chi connectivity index (χ1v) is 5.65. The zero-order valence-corrected chi connectivity index (χ0v) is 9.81. The minimum Gasteiger partial charge on any atom is -0.481 e. The highest BCUT2D eigenvalue weighted by atomic mass is 16.4. The predicted octanol–water partition coefficient (Wildman–Crippen LogP) is 0.145. The van der Waals surface area contributed by atoms with E-state index in [1.807, 2.05) is 0 Å². The standard InChI is InChI=1S/C11H15N3O4/c15-9-6-5-8(13-14-9)11(18)12-7-3-1-2-4-10(16)17/h5-6H,1-4,7H2,(H,12,18)(H,14,15)(H,16,17). The van der Waals surface area contributed by atoms with Gasteiger partial charge in [-0.25, -0.2) is 5.10 Å². The normalized spacial score (nSPS) is 10.0. The van der Waals surface area contributed by atoms with Gasteiger partial charge < -0.3 is 10.4 Å². The number of amides is 1. The Hall–Kier alpha value is -2.18. The Labute approximate surface area is 103 Å². The fourth-order valence-corrected chi connectivity index (χ4v) is 1.34. The molecule has 0 atom stereocenters. The van der Waals surface area contributed by atoms with Gasteiger partial charge in [-0.1, -0.05) is 6.42 Å². The summed E-state index contributed by atoms with van der Waals surface area (Å²) in [6.45, 7) is 0.458. The molecule has 0 spiro atoms. The quantitative estimate of drug-likeness (QED) is 0.598. The van der Waals surface area contributed by atoms with Crippen LogP contribution in [0.15, 0.2) is 16.9 Å². The molecule has 0 saturated carbocycles. The number of carbonyl (C=O) groups excluding carboxylic acids is 1. The maximum atomic E-state index is 11.5. The number of H-pyrrole nitrogens is 1. The van der Waals surface area contributed by atoms with Crippen molar-refractivity contribution >= 4 is 11.9 Å². The van der Waals surface area contributed by atoms with Crippen LogP contribution in [0.1, 0.15) is 36.2 Å². The lowest BCUT2D eigenvalue weighted by Crippen LogP contribution is -2.26. The summed E-state index contributed by atoms with van der Waals surface area (Å²) in [5.74, 6) is -1.17. The highest BCUT2D eigenvalue weighted by molar-refractivity contribution is 5.91. The van der Waals surface area contributed by atoms with Gasteiger partial charge in [-0.15, -0.1) is 0 Å². The number of aromatic amines is 1. The molecule has 1 amide bonds. The predicted molar refractivity (Wildman–Crippen MR) is 63.3 cm³/mol. The molecule has 0 saturated heterocycles. The van der Waals surface area contributed by atoms with Gasteiger partial charge in [0.05, 0.1) is 0 Å². The van der Waals surface area contributed by atoms with E-state index in [9.17, 15) is 14.4 Å². The molecule has 0 radical (unpaired) electrons. The van der Waals surface area contributed by atoms with E-state index < -0.39 is 5.97 Å². The lowest BCUT2D eigenvalue weighted by Gasteiger charge is -2.03. The third kappa shape index (κ3) is 5.24. The number of hydrogen-bond acceptors (Lipinski definition) is 4. The van der Waals surface area contributed by atoms with E-state index in [1.165, 1.54) is 12.1 Å². The fraction of sp³-hybridized carbons (Fsp3) is 0.455. The first kappa shape index (κ1) is 13.9. The van der Waals surface area contributed by atoms with Crippen molar-refractivity contribution in [3.05, 3.63) is 28.2 Å². The second-order valence-electron chi connectivity index (χ2n) is 3.77. The molecule has 1 rings (SSSR count). The summed E-state index contributed by atoms with van der Waals surface area (Å²) in [5, 5.41) is 16.8. The van der Waals surface area contributed by atoms with E-state index in [-0.39, 0.29) is 23.6 Å². The first-order chi connectivity index (χ1) is 8.59. The van der Waals surface area contributed by atoms with Gasteiger partial charge in [0.2, 0.25) is 0 Å². The number of aliphatic carboxylic acids is 1. The Bertz CT molecular complexity index is 449. The zero-order chi connectivity index (χ0) is 13.4. The van der Waals surface area contributed by atoms with Crippen LogP contribution in [0.25, 0.3) is 0 Å². The number of aromatic nitrogens is 2. The van der Waals surface area contributed by atoms with Crippen molar-refractivity contribution in [2.45, 2.75) is 25.7 Å². The van der Waals surface area contributed by atoms with E-state index in [0.717, 1.165) is 6.42 Å². The number of carboxylic acids is 1. The molecule has 0 aliphatic carbocycles. The Morgan fingerprint density at radius 3 is 2.67 bits per heavy atom. The number of hydrogen-bond donors (Lipinski definition) is 3. The van der Waals surface area contributed by atoms with Crippen LogP contribution < -0.4 is 10.9 Å². The van der Waals surface area contributed by atoms with Crippen LogP contribution in [0.4, 0.5) is 0 Å². The van der Waals surface area contributed by atoms with Crippen LogP contribution >= 0.6 is 0 Å². The number of carboxylic acid groups (broad SMARTS) is 1. The molecule has 0 bridgehead atoms. The molecular formula is C11H15N3O4. The van der Waals surface area contributed by atoms with Crippen LogP contribution in [0.2, 0.25) is 0 Å². The average molecular weight is 253 g/mol. The van der Waals surface area contributed by atoms with Crippen LogP contribution in [-0.4, -0.2) is 33.7 Å². The highest BCUT2D eigenvalue weighted by Gasteiger charge is 2.05. The van der Waals surface area contributed by atoms with Crippen molar-refractivity contribution in [3.63, 3.8) is 0 Å². The number of carbonyl (C=O) groups is 2. The van der Waals surface area contributed by atoms with Crippen molar-refractivity contribution < 1.29 is 14.7 Å². The average Bonchev–Trinajstić information content (AvgIpc) is 2.34. The van der Waals surface area contributed by atoms with E-state index in [4.69, 9.17) is 5.11 Å². The molecule has 0 aliphatic heterocycles. The van der Waals surface area contributed by atoms with Crippen LogP contribution in [0, 0.1) is 0 Å². The largest absolute Gasteiger partial charge is 0.481 e. The lowest BCUT2D eigenvalue weighted by molar-refractivity contribution is -0.137. The minimum absolute atomic E-state index is 0.148.